The quantitative estimate of drug-likeness (QED) is 0.635. The summed E-state index contributed by atoms with van der Waals surface area (Å²) < 4.78 is 6.27. The number of amides is 1. The second-order valence-corrected chi connectivity index (χ2v) is 7.47. The highest BCUT2D eigenvalue weighted by molar-refractivity contribution is 7.20. The number of hydrogen-bond acceptors (Lipinski definition) is 6. The molecule has 0 fully saturated rings. The lowest BCUT2D eigenvalue weighted by molar-refractivity contribution is -0.118. The van der Waals surface area contributed by atoms with Gasteiger partial charge in [0.1, 0.15) is 15.7 Å². The molecule has 0 spiro atoms. The van der Waals surface area contributed by atoms with Crippen molar-refractivity contribution in [3.63, 3.8) is 0 Å². The zero-order valence-electron chi connectivity index (χ0n) is 15.5. The molecule has 3 rings (SSSR count). The van der Waals surface area contributed by atoms with Gasteiger partial charge in [0.05, 0.1) is 29.0 Å². The largest absolute Gasteiger partial charge is 0.462 e. The lowest BCUT2D eigenvalue weighted by atomic mass is 10.2. The Morgan fingerprint density at radius 2 is 2.07 bits per heavy atom. The molecule has 1 amide bonds. The van der Waals surface area contributed by atoms with E-state index in [1.54, 1.807) is 45.0 Å². The minimum Gasteiger partial charge on any atom is -0.462 e. The van der Waals surface area contributed by atoms with Gasteiger partial charge in [-0.2, -0.15) is 0 Å². The van der Waals surface area contributed by atoms with E-state index in [-0.39, 0.29) is 6.61 Å². The van der Waals surface area contributed by atoms with Crippen molar-refractivity contribution >= 4 is 50.7 Å². The van der Waals surface area contributed by atoms with Crippen LogP contribution in [0, 0.1) is 6.92 Å². The number of para-hydroxylation sites is 1. The molecule has 1 unspecified atom stereocenters. The van der Waals surface area contributed by atoms with Gasteiger partial charge in [-0.25, -0.2) is 9.78 Å². The second kappa shape index (κ2) is 8.12. The Kier molecular flexibility index (Phi) is 5.81. The van der Waals surface area contributed by atoms with Gasteiger partial charge in [-0.1, -0.05) is 23.7 Å². The van der Waals surface area contributed by atoms with E-state index in [1.807, 2.05) is 0 Å². The first kappa shape index (κ1) is 20.0. The van der Waals surface area contributed by atoms with Crippen molar-refractivity contribution in [2.75, 3.05) is 11.9 Å². The number of hydrogen-bond donors (Lipinski definition) is 1. The predicted octanol–water partition coefficient (Wildman–Crippen LogP) is 3.80. The Balaban J connectivity index is 1.97. The van der Waals surface area contributed by atoms with Crippen molar-refractivity contribution in [3.05, 3.63) is 56.4 Å². The van der Waals surface area contributed by atoms with Gasteiger partial charge in [0.2, 0.25) is 5.91 Å². The van der Waals surface area contributed by atoms with E-state index in [0.29, 0.717) is 31.4 Å². The van der Waals surface area contributed by atoms with Crippen LogP contribution in [0.1, 0.15) is 35.1 Å². The maximum Gasteiger partial charge on any atom is 0.348 e. The monoisotopic (exact) mass is 419 g/mol. The van der Waals surface area contributed by atoms with Crippen molar-refractivity contribution in [1.82, 2.24) is 9.55 Å². The van der Waals surface area contributed by atoms with Crippen molar-refractivity contribution < 1.29 is 14.3 Å². The fraction of sp³-hybridized carbons (Fsp3) is 0.263. The predicted molar refractivity (Wildman–Crippen MR) is 109 cm³/mol. The van der Waals surface area contributed by atoms with Crippen LogP contribution in [-0.2, 0) is 9.53 Å². The summed E-state index contributed by atoms with van der Waals surface area (Å²) >= 11 is 7.17. The van der Waals surface area contributed by atoms with E-state index >= 15 is 0 Å². The Bertz CT molecular complexity index is 1120. The number of carbonyl (C=O) groups excluding carboxylic acids is 2. The molecule has 146 valence electrons. The maximum atomic E-state index is 13.0. The number of thiophene rings is 1. The standard InChI is InChI=1S/C19H18ClN3O4S/c1-4-27-19(26)15-10(2)14-17(28-15)21-9-23(18(14)25)11(3)16(24)22-13-8-6-5-7-12(13)20/h5-9,11H,4H2,1-3H3,(H,22,24). The minimum atomic E-state index is -0.828. The fourth-order valence-electron chi connectivity index (χ4n) is 2.73. The molecule has 0 aliphatic heterocycles. The molecule has 0 radical (unpaired) electrons. The number of anilines is 1. The molecule has 9 heteroatoms. The molecule has 3 aromatic rings. The maximum absolute atomic E-state index is 13.0. The first-order chi connectivity index (χ1) is 13.3. The highest BCUT2D eigenvalue weighted by Gasteiger charge is 2.23. The van der Waals surface area contributed by atoms with E-state index in [9.17, 15) is 14.4 Å². The van der Waals surface area contributed by atoms with Crippen LogP contribution in [0.3, 0.4) is 0 Å². The van der Waals surface area contributed by atoms with Gasteiger partial charge in [-0.15, -0.1) is 11.3 Å². The molecule has 7 nitrogen and oxygen atoms in total. The van der Waals surface area contributed by atoms with Gasteiger partial charge >= 0.3 is 5.97 Å². The van der Waals surface area contributed by atoms with Crippen LogP contribution in [0.15, 0.2) is 35.4 Å². The SMILES string of the molecule is CCOC(=O)c1sc2ncn(C(C)C(=O)Nc3ccccc3Cl)c(=O)c2c1C. The number of aryl methyl sites for hydroxylation is 1. The summed E-state index contributed by atoms with van der Waals surface area (Å²) in [6.07, 6.45) is 1.31. The average molecular weight is 420 g/mol. The van der Waals surface area contributed by atoms with E-state index in [4.69, 9.17) is 16.3 Å². The Morgan fingerprint density at radius 3 is 2.75 bits per heavy atom. The number of halogens is 1. The summed E-state index contributed by atoms with van der Waals surface area (Å²) in [7, 11) is 0. The number of aromatic nitrogens is 2. The molecular formula is C19H18ClN3O4S. The molecule has 1 atom stereocenters. The number of nitrogens with one attached hydrogen (secondary N) is 1. The molecule has 0 saturated heterocycles. The smallest absolute Gasteiger partial charge is 0.348 e. The second-order valence-electron chi connectivity index (χ2n) is 6.06. The van der Waals surface area contributed by atoms with E-state index < -0.39 is 23.5 Å². The molecule has 28 heavy (non-hydrogen) atoms. The first-order valence-corrected chi connectivity index (χ1v) is 9.77. The van der Waals surface area contributed by atoms with Gasteiger partial charge in [0, 0.05) is 0 Å². The molecule has 1 N–H and O–H groups in total. The summed E-state index contributed by atoms with van der Waals surface area (Å²) in [6.45, 7) is 5.22. The molecule has 0 aliphatic carbocycles. The summed E-state index contributed by atoms with van der Waals surface area (Å²) in [4.78, 5) is 42.7. The van der Waals surface area contributed by atoms with Crippen molar-refractivity contribution in [3.8, 4) is 0 Å². The minimum absolute atomic E-state index is 0.240. The molecule has 1 aromatic carbocycles. The van der Waals surface area contributed by atoms with E-state index in [0.717, 1.165) is 11.3 Å². The van der Waals surface area contributed by atoms with Crippen LogP contribution in [0.5, 0.6) is 0 Å². The van der Waals surface area contributed by atoms with Crippen LogP contribution in [0.4, 0.5) is 5.69 Å². The normalized spacial score (nSPS) is 12.0. The van der Waals surface area contributed by atoms with Gasteiger partial charge in [-0.3, -0.25) is 14.2 Å². The lowest BCUT2D eigenvalue weighted by Gasteiger charge is -2.15. The van der Waals surface area contributed by atoms with Crippen LogP contribution in [0.2, 0.25) is 5.02 Å². The molecule has 0 saturated carbocycles. The molecular weight excluding hydrogens is 402 g/mol. The Morgan fingerprint density at radius 1 is 1.36 bits per heavy atom. The number of fused-ring (bicyclic) bond motifs is 1. The zero-order valence-corrected chi connectivity index (χ0v) is 17.1. The van der Waals surface area contributed by atoms with Crippen molar-refractivity contribution in [1.29, 1.82) is 0 Å². The van der Waals surface area contributed by atoms with Crippen molar-refractivity contribution in [2.45, 2.75) is 26.8 Å². The third-order valence-electron chi connectivity index (χ3n) is 4.27. The number of nitrogens with zero attached hydrogens (tertiary/aromatic N) is 2. The Hall–Kier alpha value is -2.71. The first-order valence-electron chi connectivity index (χ1n) is 8.57. The fourth-order valence-corrected chi connectivity index (χ4v) is 3.95. The van der Waals surface area contributed by atoms with Gasteiger partial charge in [0.15, 0.2) is 0 Å². The number of esters is 1. The molecule has 2 aromatic heterocycles. The van der Waals surface area contributed by atoms with E-state index in [2.05, 4.69) is 10.3 Å². The highest BCUT2D eigenvalue weighted by Crippen LogP contribution is 2.28. The summed E-state index contributed by atoms with van der Waals surface area (Å²) in [5.41, 5.74) is 0.569. The topological polar surface area (TPSA) is 90.3 Å². The molecule has 0 aliphatic rings. The van der Waals surface area contributed by atoms with Crippen LogP contribution >= 0.6 is 22.9 Å². The van der Waals surface area contributed by atoms with Crippen LogP contribution in [0.25, 0.3) is 10.2 Å². The number of benzene rings is 1. The van der Waals surface area contributed by atoms with E-state index in [1.165, 1.54) is 10.9 Å². The molecule has 0 bridgehead atoms. The number of rotatable bonds is 5. The number of ether oxygens (including phenoxy) is 1. The van der Waals surface area contributed by atoms with Gasteiger partial charge in [-0.05, 0) is 38.5 Å². The van der Waals surface area contributed by atoms with Gasteiger partial charge in [0.25, 0.3) is 5.56 Å². The summed E-state index contributed by atoms with van der Waals surface area (Å²) in [5.74, 6) is -0.895. The van der Waals surface area contributed by atoms with Crippen LogP contribution in [-0.4, -0.2) is 28.0 Å². The highest BCUT2D eigenvalue weighted by atomic mass is 35.5. The van der Waals surface area contributed by atoms with Gasteiger partial charge < -0.3 is 10.1 Å². The third kappa shape index (κ3) is 3.65. The summed E-state index contributed by atoms with van der Waals surface area (Å²) in [5, 5.41) is 3.42. The summed E-state index contributed by atoms with van der Waals surface area (Å²) in [6, 6.07) is 6.01. The number of carbonyl (C=O) groups is 2. The molecule has 2 heterocycles. The lowest BCUT2D eigenvalue weighted by Crippen LogP contribution is -2.31. The average Bonchev–Trinajstić information content (AvgIpc) is 3.01. The third-order valence-corrected chi connectivity index (χ3v) is 5.77. The van der Waals surface area contributed by atoms with Crippen molar-refractivity contribution in [2.24, 2.45) is 0 Å². The van der Waals surface area contributed by atoms with Crippen LogP contribution < -0.4 is 10.9 Å². The zero-order chi connectivity index (χ0) is 20.4. The Labute approximate surface area is 169 Å².